The summed E-state index contributed by atoms with van der Waals surface area (Å²) in [5, 5.41) is 0.363. The van der Waals surface area contributed by atoms with Gasteiger partial charge in [0.1, 0.15) is 17.0 Å². The highest BCUT2D eigenvalue weighted by Gasteiger charge is 2.15. The van der Waals surface area contributed by atoms with E-state index in [-0.39, 0.29) is 17.3 Å². The second kappa shape index (κ2) is 8.15. The molecule has 0 spiro atoms. The van der Waals surface area contributed by atoms with E-state index in [2.05, 4.69) is 20.8 Å². The van der Waals surface area contributed by atoms with Crippen LogP contribution in [0.25, 0.3) is 16.8 Å². The fourth-order valence-corrected chi connectivity index (χ4v) is 3.18. The first-order valence-electron chi connectivity index (χ1n) is 8.46. The van der Waals surface area contributed by atoms with Gasteiger partial charge in [-0.3, -0.25) is 25.0 Å². The smallest absolute Gasteiger partial charge is 0.288 e. The molecule has 2 heterocycles. The zero-order valence-corrected chi connectivity index (χ0v) is 15.6. The van der Waals surface area contributed by atoms with E-state index in [4.69, 9.17) is 4.42 Å². The largest absolute Gasteiger partial charge is 0.431 e. The quantitative estimate of drug-likeness (QED) is 0.387. The third-order valence-electron chi connectivity index (χ3n) is 3.89. The second-order valence-electron chi connectivity index (χ2n) is 5.86. The summed E-state index contributed by atoms with van der Waals surface area (Å²) < 4.78 is 20.1. The van der Waals surface area contributed by atoms with Crippen LogP contribution in [0.2, 0.25) is 0 Å². The van der Waals surface area contributed by atoms with E-state index >= 15 is 0 Å². The number of nitrogens with one attached hydrogen (secondary N) is 2. The molecule has 2 aromatic heterocycles. The lowest BCUT2D eigenvalue weighted by Crippen LogP contribution is -2.43. The molecule has 0 aliphatic rings. The Morgan fingerprint density at radius 2 is 1.90 bits per heavy atom. The Kier molecular flexibility index (Phi) is 5.25. The van der Waals surface area contributed by atoms with Crippen molar-refractivity contribution in [2.24, 2.45) is 0 Å². The number of carbonyl (C=O) groups is 2. The number of aromatic nitrogens is 3. The number of thioether (sulfide) groups is 1. The van der Waals surface area contributed by atoms with Gasteiger partial charge in [-0.05, 0) is 36.4 Å². The number of oxazole rings is 1. The van der Waals surface area contributed by atoms with E-state index in [1.54, 1.807) is 6.07 Å². The highest BCUT2D eigenvalue weighted by atomic mass is 32.2. The number of carbonyl (C=O) groups excluding carboxylic acids is 2. The molecule has 0 aliphatic carbocycles. The molecule has 4 rings (SSSR count). The molecule has 0 saturated carbocycles. The van der Waals surface area contributed by atoms with Crippen molar-refractivity contribution >= 4 is 34.7 Å². The van der Waals surface area contributed by atoms with Crippen molar-refractivity contribution in [3.63, 3.8) is 0 Å². The van der Waals surface area contributed by atoms with E-state index in [1.807, 2.05) is 18.2 Å². The minimum atomic E-state index is -0.563. The molecule has 146 valence electrons. The Balaban J connectivity index is 1.33. The Morgan fingerprint density at radius 3 is 2.69 bits per heavy atom. The average Bonchev–Trinajstić information content (AvgIpc) is 3.38. The van der Waals surface area contributed by atoms with Crippen LogP contribution in [0.4, 0.5) is 4.39 Å². The van der Waals surface area contributed by atoms with Crippen LogP contribution in [0, 0.1) is 5.82 Å². The van der Waals surface area contributed by atoms with Gasteiger partial charge in [-0.2, -0.15) is 0 Å². The number of fused-ring (bicyclic) bond motifs is 1. The Labute approximate surface area is 168 Å². The number of hydrogen-bond acceptors (Lipinski definition) is 6. The predicted molar refractivity (Wildman–Crippen MR) is 104 cm³/mol. The molecule has 0 atom stereocenters. The number of nitrogens with zero attached hydrogens (tertiary/aromatic N) is 3. The molecule has 0 unspecified atom stereocenters. The standard InChI is InChI=1S/C19H14FN5O3S/c20-12-5-7-13(8-6-12)25-11-21-9-15(25)18(27)24-23-17(26)10-29-19-22-14-3-1-2-4-16(14)28-19/h1-9,11H,10H2,(H,23,26)(H,24,27). The van der Waals surface area contributed by atoms with Crippen LogP contribution in [-0.2, 0) is 4.79 Å². The number of para-hydroxylation sites is 2. The van der Waals surface area contributed by atoms with Gasteiger partial charge < -0.3 is 4.42 Å². The minimum absolute atomic E-state index is 0.00429. The molecule has 2 aromatic carbocycles. The zero-order valence-electron chi connectivity index (χ0n) is 14.8. The van der Waals surface area contributed by atoms with Crippen molar-refractivity contribution in [1.82, 2.24) is 25.4 Å². The fraction of sp³-hybridized carbons (Fsp3) is 0.0526. The maximum Gasteiger partial charge on any atom is 0.288 e. The van der Waals surface area contributed by atoms with Crippen LogP contribution in [0.5, 0.6) is 0 Å². The normalized spacial score (nSPS) is 10.8. The van der Waals surface area contributed by atoms with E-state index in [0.29, 0.717) is 22.0 Å². The van der Waals surface area contributed by atoms with E-state index in [1.165, 1.54) is 41.4 Å². The van der Waals surface area contributed by atoms with Gasteiger partial charge in [-0.25, -0.2) is 14.4 Å². The van der Waals surface area contributed by atoms with Crippen LogP contribution in [-0.4, -0.2) is 32.1 Å². The molecule has 0 aliphatic heterocycles. The lowest BCUT2D eigenvalue weighted by atomic mass is 10.3. The van der Waals surface area contributed by atoms with Gasteiger partial charge in [0, 0.05) is 5.69 Å². The molecule has 4 aromatic rings. The first kappa shape index (κ1) is 18.7. The first-order valence-corrected chi connectivity index (χ1v) is 9.44. The summed E-state index contributed by atoms with van der Waals surface area (Å²) in [6.45, 7) is 0. The number of amides is 2. The summed E-state index contributed by atoms with van der Waals surface area (Å²) in [4.78, 5) is 32.6. The van der Waals surface area contributed by atoms with Gasteiger partial charge in [0.2, 0.25) is 5.91 Å². The predicted octanol–water partition coefficient (Wildman–Crippen LogP) is 2.71. The number of imidazole rings is 1. The lowest BCUT2D eigenvalue weighted by Gasteiger charge is -2.09. The molecule has 2 N–H and O–H groups in total. The van der Waals surface area contributed by atoms with Crippen molar-refractivity contribution in [2.75, 3.05) is 5.75 Å². The molecular weight excluding hydrogens is 397 g/mol. The van der Waals surface area contributed by atoms with E-state index in [0.717, 1.165) is 11.8 Å². The maximum atomic E-state index is 13.1. The van der Waals surface area contributed by atoms with Crippen LogP contribution in [0.1, 0.15) is 10.5 Å². The zero-order chi connectivity index (χ0) is 20.2. The van der Waals surface area contributed by atoms with Crippen LogP contribution >= 0.6 is 11.8 Å². The number of halogens is 1. The minimum Gasteiger partial charge on any atom is -0.431 e. The van der Waals surface area contributed by atoms with E-state index in [9.17, 15) is 14.0 Å². The average molecular weight is 411 g/mol. The van der Waals surface area contributed by atoms with Crippen LogP contribution in [0.3, 0.4) is 0 Å². The Bertz CT molecular complexity index is 1140. The number of benzene rings is 2. The molecular formula is C19H14FN5O3S. The van der Waals surface area contributed by atoms with Gasteiger partial charge in [0.05, 0.1) is 18.3 Å². The third-order valence-corrected chi connectivity index (χ3v) is 4.72. The molecule has 2 amide bonds. The molecule has 10 heteroatoms. The van der Waals surface area contributed by atoms with Crippen LogP contribution in [0.15, 0.2) is 70.7 Å². The summed E-state index contributed by atoms with van der Waals surface area (Å²) in [7, 11) is 0. The third kappa shape index (κ3) is 4.27. The summed E-state index contributed by atoms with van der Waals surface area (Å²) in [6, 6.07) is 12.9. The first-order chi connectivity index (χ1) is 14.1. The van der Waals surface area contributed by atoms with Crippen molar-refractivity contribution in [1.29, 1.82) is 0 Å². The molecule has 0 radical (unpaired) electrons. The SMILES string of the molecule is O=C(CSc1nc2ccccc2o1)NNC(=O)c1cncn1-c1ccc(F)cc1. The highest BCUT2D eigenvalue weighted by Crippen LogP contribution is 2.22. The Hall–Kier alpha value is -3.66. The summed E-state index contributed by atoms with van der Waals surface area (Å²) in [5.41, 5.74) is 6.75. The van der Waals surface area contributed by atoms with Crippen molar-refractivity contribution in [2.45, 2.75) is 5.22 Å². The van der Waals surface area contributed by atoms with Crippen molar-refractivity contribution in [3.8, 4) is 5.69 Å². The van der Waals surface area contributed by atoms with Gasteiger partial charge >= 0.3 is 0 Å². The monoisotopic (exact) mass is 411 g/mol. The van der Waals surface area contributed by atoms with Crippen molar-refractivity contribution < 1.29 is 18.4 Å². The van der Waals surface area contributed by atoms with Gasteiger partial charge in [0.15, 0.2) is 5.58 Å². The molecule has 0 fully saturated rings. The van der Waals surface area contributed by atoms with Gasteiger partial charge in [-0.1, -0.05) is 23.9 Å². The molecule has 0 bridgehead atoms. The molecule has 29 heavy (non-hydrogen) atoms. The molecule has 8 nitrogen and oxygen atoms in total. The summed E-state index contributed by atoms with van der Waals surface area (Å²) >= 11 is 1.11. The number of rotatable bonds is 5. The second-order valence-corrected chi connectivity index (χ2v) is 6.79. The van der Waals surface area contributed by atoms with Crippen LogP contribution < -0.4 is 10.9 Å². The van der Waals surface area contributed by atoms with Crippen molar-refractivity contribution in [3.05, 3.63) is 72.6 Å². The molecule has 0 saturated heterocycles. The summed E-state index contributed by atoms with van der Waals surface area (Å²) in [6.07, 6.45) is 2.77. The Morgan fingerprint density at radius 1 is 1.10 bits per heavy atom. The van der Waals surface area contributed by atoms with Gasteiger partial charge in [0.25, 0.3) is 11.1 Å². The lowest BCUT2D eigenvalue weighted by molar-refractivity contribution is -0.119. The highest BCUT2D eigenvalue weighted by molar-refractivity contribution is 7.99. The van der Waals surface area contributed by atoms with Gasteiger partial charge in [-0.15, -0.1) is 0 Å². The topological polar surface area (TPSA) is 102 Å². The fourth-order valence-electron chi connectivity index (χ4n) is 2.54. The van der Waals surface area contributed by atoms with E-state index < -0.39 is 11.8 Å². The number of hydrogen-bond donors (Lipinski definition) is 2. The maximum absolute atomic E-state index is 13.1. The number of hydrazine groups is 1. The summed E-state index contributed by atoms with van der Waals surface area (Å²) in [5.74, 6) is -1.38.